The molecule has 36 nitrogen and oxygen atoms in total. The molecule has 5 aliphatic heterocycles. The third-order valence-corrected chi connectivity index (χ3v) is 30.5. The third-order valence-electron chi connectivity index (χ3n) is 30.5. The first-order chi connectivity index (χ1) is 62.2. The Morgan fingerprint density at radius 2 is 0.764 bits per heavy atom. The van der Waals surface area contributed by atoms with E-state index in [-0.39, 0.29) is 283 Å². The summed E-state index contributed by atoms with van der Waals surface area (Å²) in [5.41, 5.74) is -8.47. The van der Waals surface area contributed by atoms with Crippen molar-refractivity contribution in [1.82, 2.24) is 0 Å². The van der Waals surface area contributed by atoms with Crippen LogP contribution in [0.3, 0.4) is 0 Å². The standard InChI is InChI=1S/3C21H30O8.C18H28O6.C17H26O6.10CH4/c1-5-20(2,3)19(25)27-9-8-26-14(22)6-7-15(23)28-17-16-12-10-21(17,4)11-13(12)18(24)29-16;1-5-20(2,3)19(25)27-9-8-26-15(22)6-7-16(23)29-21(4)12-10-13-14(11-12)18(24)28-17(13)21;1-5-20(2,3)19(25)27-9-8-26-15(22)6-7-16(23)28-17-12-10-13-14(11-12)21(17,4)29-18(13)24;1-7-16(2,3)14(20)23-17(4,5)15(21)24-18(6)9-8-11-10-12(18)22-13(11)19;1-6-16(2,3)14(19)23-17(4,5)15(20)22-11-8-7-10-9-12(11)21-13(10)18;;;;;;;;;;/h12-13,16-17H,5-11H2,1-4H3;2*12-14,17H,5-11H2,1-4H3;11-12H,7-10H2,1-6H3;10-12H,6-9H2,1-5H3;10*1H4. The lowest BCUT2D eigenvalue weighted by molar-refractivity contribution is -0.202. The minimum Gasteiger partial charge on any atom is -0.462 e. The van der Waals surface area contributed by atoms with Gasteiger partial charge in [-0.25, -0.2) is 9.59 Å². The molecule has 0 spiro atoms. The quantitative estimate of drug-likeness (QED) is 0.0317. The second-order valence-electron chi connectivity index (χ2n) is 43.1. The van der Waals surface area contributed by atoms with E-state index in [1.165, 1.54) is 27.7 Å². The van der Waals surface area contributed by atoms with E-state index in [4.69, 9.17) is 85.3 Å². The molecule has 13 rings (SSSR count). The van der Waals surface area contributed by atoms with Crippen LogP contribution in [0.15, 0.2) is 0 Å². The van der Waals surface area contributed by atoms with E-state index in [9.17, 15) is 86.3 Å². The van der Waals surface area contributed by atoms with Crippen molar-refractivity contribution in [3.05, 3.63) is 0 Å². The van der Waals surface area contributed by atoms with Gasteiger partial charge in [-0.1, -0.05) is 116 Å². The van der Waals surface area contributed by atoms with Gasteiger partial charge in [0.05, 0.1) is 95.2 Å². The Kier molecular flexibility index (Phi) is 51.1. The number of carbonyl (C=O) groups excluding carboxylic acids is 18. The van der Waals surface area contributed by atoms with Crippen LogP contribution in [0, 0.1) is 91.7 Å². The molecule has 0 aromatic rings. The SMILES string of the molecule is C.C.C.C.C.C.C.C.C.C.CCC(C)(C)C(=O)OC(C)(C)C(=O)OC1(C)CCC2CC1OC2=O.CCC(C)(C)C(=O)OC(C)(C)C(=O)OC1CCC2CC1OC2=O.CCC(C)(C)C(=O)OCCOC(=O)CCC(=O)OC1(C)C2CC3C(=O)OC1C3C2.CCC(C)(C)C(=O)OCCOC(=O)CCC(=O)OC1C2CC3C(=O)OC1(C)C3C2.CCC(C)(C)C(=O)OCCOC(=O)CCC(=O)OC1C2OC(=O)C3CC1(C)CC32. The van der Waals surface area contributed by atoms with Crippen LogP contribution in [0.5, 0.6) is 0 Å². The van der Waals surface area contributed by atoms with Crippen molar-refractivity contribution in [3.63, 3.8) is 0 Å². The van der Waals surface area contributed by atoms with E-state index in [1.54, 1.807) is 76.2 Å². The maximum Gasteiger partial charge on any atom is 0.350 e. The molecule has 8 aliphatic carbocycles. The molecule has 5 saturated heterocycles. The van der Waals surface area contributed by atoms with Gasteiger partial charge in [0.15, 0.2) is 0 Å². The van der Waals surface area contributed by atoms with Gasteiger partial charge < -0.3 is 85.3 Å². The summed E-state index contributed by atoms with van der Waals surface area (Å²) in [5.74, 6) is -6.96. The number of rotatable bonds is 37. The normalized spacial score (nSPS) is 28.7. The zero-order valence-corrected chi connectivity index (χ0v) is 82.5. The molecule has 13 aliphatic rings. The Hall–Kier alpha value is -9.54. The highest BCUT2D eigenvalue weighted by molar-refractivity contribution is 5.88. The van der Waals surface area contributed by atoms with E-state index < -0.39 is 139 Å². The average Bonchev–Trinajstić information content (AvgIpc) is 1.54. The lowest BCUT2D eigenvalue weighted by Crippen LogP contribution is -2.51. The van der Waals surface area contributed by atoms with Gasteiger partial charge in [0.2, 0.25) is 11.2 Å². The van der Waals surface area contributed by atoms with Gasteiger partial charge in [-0.2, -0.15) is 0 Å². The zero-order valence-electron chi connectivity index (χ0n) is 82.5. The Morgan fingerprint density at radius 3 is 1.23 bits per heavy atom. The number of carbonyl (C=O) groups is 18. The summed E-state index contributed by atoms with van der Waals surface area (Å²) in [6, 6.07) is 0. The summed E-state index contributed by atoms with van der Waals surface area (Å²) >= 11 is 0. The average molecular weight is 2060 g/mol. The fraction of sp³-hybridized carbons (Fsp3) is 0.833. The van der Waals surface area contributed by atoms with Gasteiger partial charge in [-0.15, -0.1) is 0 Å². The van der Waals surface area contributed by atoms with Gasteiger partial charge in [0.1, 0.15) is 99.2 Å². The van der Waals surface area contributed by atoms with Crippen molar-refractivity contribution in [1.29, 1.82) is 0 Å². The van der Waals surface area contributed by atoms with Crippen LogP contribution in [-0.2, 0) is 172 Å². The molecule has 8 saturated carbocycles. The third kappa shape index (κ3) is 31.5. The Morgan fingerprint density at radius 1 is 0.354 bits per heavy atom. The van der Waals surface area contributed by atoms with Crippen molar-refractivity contribution < 1.29 is 172 Å². The molecule has 21 unspecified atom stereocenters. The van der Waals surface area contributed by atoms with Gasteiger partial charge in [0, 0.05) is 47.8 Å². The molecule has 832 valence electrons. The molecule has 144 heavy (non-hydrogen) atoms. The summed E-state index contributed by atoms with van der Waals surface area (Å²) < 4.78 is 96.1. The van der Waals surface area contributed by atoms with E-state index in [0.29, 0.717) is 89.9 Å². The van der Waals surface area contributed by atoms with Crippen LogP contribution in [0.25, 0.3) is 0 Å². The van der Waals surface area contributed by atoms with Crippen LogP contribution in [0.1, 0.15) is 381 Å². The van der Waals surface area contributed by atoms with Gasteiger partial charge >= 0.3 is 107 Å². The molecule has 36 heteroatoms. The minimum atomic E-state index is -1.40. The smallest absolute Gasteiger partial charge is 0.350 e. The lowest BCUT2D eigenvalue weighted by Gasteiger charge is -2.38. The highest BCUT2D eigenvalue weighted by Gasteiger charge is 2.72. The van der Waals surface area contributed by atoms with Crippen molar-refractivity contribution >= 4 is 107 Å². The molecular formula is C108H184O36. The molecule has 5 heterocycles. The van der Waals surface area contributed by atoms with Crippen molar-refractivity contribution in [2.75, 3.05) is 39.6 Å². The van der Waals surface area contributed by atoms with Gasteiger partial charge in [-0.3, -0.25) is 76.7 Å². The fourth-order valence-electron chi connectivity index (χ4n) is 19.3. The number of hydrogen-bond acceptors (Lipinski definition) is 36. The summed E-state index contributed by atoms with van der Waals surface area (Å²) in [4.78, 5) is 216. The second-order valence-corrected chi connectivity index (χ2v) is 43.1. The van der Waals surface area contributed by atoms with Crippen LogP contribution in [-0.4, -0.2) is 218 Å². The predicted octanol–water partition coefficient (Wildman–Crippen LogP) is 18.0. The second kappa shape index (κ2) is 53.9. The van der Waals surface area contributed by atoms with Crippen LogP contribution in [0.2, 0.25) is 0 Å². The molecular weight excluding hydrogens is 1870 g/mol. The molecule has 10 bridgehead atoms. The van der Waals surface area contributed by atoms with E-state index in [2.05, 4.69) is 0 Å². The fourth-order valence-corrected chi connectivity index (χ4v) is 19.3. The topological polar surface area (TPSA) is 473 Å². The molecule has 0 aromatic heterocycles. The molecule has 0 N–H and O–H groups in total. The van der Waals surface area contributed by atoms with Gasteiger partial charge in [-0.05, 0) is 214 Å². The maximum absolute atomic E-state index is 12.6. The minimum absolute atomic E-state index is 0. The largest absolute Gasteiger partial charge is 0.462 e. The van der Waals surface area contributed by atoms with Crippen LogP contribution < -0.4 is 0 Å². The highest BCUT2D eigenvalue weighted by atomic mass is 16.7. The summed E-state index contributed by atoms with van der Waals surface area (Å²) in [5, 5.41) is 0. The van der Waals surface area contributed by atoms with E-state index in [0.717, 1.165) is 19.3 Å². The lowest BCUT2D eigenvalue weighted by atomic mass is 9.79. The number of ether oxygens (including phenoxy) is 18. The number of hydrogen-bond donors (Lipinski definition) is 0. The van der Waals surface area contributed by atoms with E-state index >= 15 is 0 Å². The summed E-state index contributed by atoms with van der Waals surface area (Å²) in [6.45, 7) is 40.6. The van der Waals surface area contributed by atoms with Gasteiger partial charge in [0.25, 0.3) is 0 Å². The predicted molar refractivity (Wildman–Crippen MR) is 533 cm³/mol. The number of fused-ring (bicyclic) bond motifs is 7. The first kappa shape index (κ1) is 136. The molecule has 0 amide bonds. The maximum atomic E-state index is 12.6. The molecule has 0 aromatic carbocycles. The highest BCUT2D eigenvalue weighted by Crippen LogP contribution is 2.64. The van der Waals surface area contributed by atoms with Crippen molar-refractivity contribution in [2.45, 2.75) is 452 Å². The monoisotopic (exact) mass is 2060 g/mol. The number of esters is 18. The van der Waals surface area contributed by atoms with E-state index in [1.807, 2.05) is 55.4 Å². The molecule has 21 atom stereocenters. The van der Waals surface area contributed by atoms with Crippen LogP contribution >= 0.6 is 0 Å². The Balaban J connectivity index is 0. The van der Waals surface area contributed by atoms with Crippen molar-refractivity contribution in [3.8, 4) is 0 Å². The summed E-state index contributed by atoms with van der Waals surface area (Å²) in [7, 11) is 0. The van der Waals surface area contributed by atoms with Crippen molar-refractivity contribution in [2.24, 2.45) is 91.7 Å². The van der Waals surface area contributed by atoms with Crippen LogP contribution in [0.4, 0.5) is 0 Å². The Bertz CT molecular complexity index is 4350. The molecule has 13 fully saturated rings. The summed E-state index contributed by atoms with van der Waals surface area (Å²) in [6.07, 6.45) is 7.79. The molecule has 0 radical (unpaired) electrons. The zero-order chi connectivity index (χ0) is 99.9. The Labute approximate surface area is 858 Å². The first-order valence-electron chi connectivity index (χ1n) is 47.8. The first-order valence-corrected chi connectivity index (χ1v) is 47.8.